The third-order valence-corrected chi connectivity index (χ3v) is 10.3. The maximum Gasteiger partial charge on any atom is 0.407 e. The van der Waals surface area contributed by atoms with Crippen LogP contribution in [-0.2, 0) is 41.6 Å². The molecule has 0 spiro atoms. The lowest BCUT2D eigenvalue weighted by molar-refractivity contribution is -0.146. The Balaban J connectivity index is 0.988. The molecule has 5 aliphatic rings. The number of fused-ring (bicyclic) bond motifs is 4. The predicted molar refractivity (Wildman–Crippen MR) is 165 cm³/mol. The molecule has 12 heteroatoms. The van der Waals surface area contributed by atoms with Crippen LogP contribution >= 0.6 is 0 Å². The van der Waals surface area contributed by atoms with E-state index in [1.54, 1.807) is 10.9 Å². The quantitative estimate of drug-likeness (QED) is 0.155. The Bertz CT molecular complexity index is 1460. The van der Waals surface area contributed by atoms with Gasteiger partial charge in [-0.2, -0.15) is 0 Å². The van der Waals surface area contributed by atoms with E-state index < -0.39 is 24.3 Å². The van der Waals surface area contributed by atoms with Gasteiger partial charge in [0.25, 0.3) is 0 Å². The molecule has 3 fully saturated rings. The van der Waals surface area contributed by atoms with Crippen LogP contribution in [0.5, 0.6) is 0 Å². The van der Waals surface area contributed by atoms with E-state index in [-0.39, 0.29) is 54.7 Å². The van der Waals surface area contributed by atoms with Crippen LogP contribution in [0.2, 0.25) is 0 Å². The van der Waals surface area contributed by atoms with Crippen LogP contribution in [0.3, 0.4) is 0 Å². The number of carbonyl (C=O) groups is 3. The molecular weight excluding hydrogens is 592 g/mol. The van der Waals surface area contributed by atoms with Crippen molar-refractivity contribution in [2.24, 2.45) is 17.8 Å². The molecule has 0 bridgehead atoms. The van der Waals surface area contributed by atoms with Gasteiger partial charge >= 0.3 is 18.0 Å². The van der Waals surface area contributed by atoms with Gasteiger partial charge in [-0.05, 0) is 69.8 Å². The molecule has 2 aliphatic carbocycles. The predicted octanol–water partition coefficient (Wildman–Crippen LogP) is 3.86. The fraction of sp³-hybridized carbons (Fsp3) is 0.618. The first kappa shape index (κ1) is 32.2. The number of hydrogen-bond donors (Lipinski definition) is 2. The average molecular weight is 637 g/mol. The minimum Gasteiger partial charge on any atom is -0.456 e. The van der Waals surface area contributed by atoms with E-state index >= 15 is 0 Å². The number of carbonyl (C=O) groups excluding carboxylic acids is 3. The number of aliphatic hydroxyl groups excluding tert-OH is 1. The standard InChI is InChI=1S/C34H44N4O8/c1-19-7-5-8-22(10-12-25-20(2)31(40)44-28(25)27(19)39)16-38-17-24(36-37-38)15-35-33(42)43-18-23-9-6-14-34(4)30(46-34)29-26(13-11-23)21(3)32(41)45-29/h8-9,17,19,25-30,39H,2-3,5-7,10-16,18H2,1,4H3,(H,35,42)/b22-8+,23-9+/t19-,25-,26-,27+,28-,29-,30-,34+/m0/s1. The van der Waals surface area contributed by atoms with Gasteiger partial charge in [0.1, 0.15) is 30.6 Å². The number of epoxide rings is 1. The topological polar surface area (TPSA) is 154 Å². The van der Waals surface area contributed by atoms with Gasteiger partial charge in [0.2, 0.25) is 0 Å². The van der Waals surface area contributed by atoms with Crippen LogP contribution in [-0.4, -0.2) is 74.8 Å². The molecule has 3 saturated heterocycles. The van der Waals surface area contributed by atoms with Gasteiger partial charge in [0.05, 0.1) is 31.0 Å². The van der Waals surface area contributed by atoms with Gasteiger partial charge < -0.3 is 29.4 Å². The van der Waals surface area contributed by atoms with E-state index in [1.165, 1.54) is 0 Å². The largest absolute Gasteiger partial charge is 0.456 e. The molecule has 0 radical (unpaired) electrons. The van der Waals surface area contributed by atoms with E-state index in [0.717, 1.165) is 36.8 Å². The van der Waals surface area contributed by atoms with Crippen LogP contribution in [0.15, 0.2) is 53.8 Å². The zero-order valence-corrected chi connectivity index (χ0v) is 26.6. The van der Waals surface area contributed by atoms with Gasteiger partial charge in [-0.15, -0.1) is 5.10 Å². The number of amides is 1. The van der Waals surface area contributed by atoms with E-state index in [1.807, 2.05) is 13.8 Å². The normalized spacial score (nSPS) is 36.9. The molecule has 3 aliphatic heterocycles. The zero-order valence-electron chi connectivity index (χ0n) is 26.6. The van der Waals surface area contributed by atoms with Crippen molar-refractivity contribution in [3.8, 4) is 0 Å². The molecule has 1 amide bonds. The minimum atomic E-state index is -0.714. The number of nitrogens with one attached hydrogen (secondary N) is 1. The second-order valence-electron chi connectivity index (χ2n) is 13.6. The summed E-state index contributed by atoms with van der Waals surface area (Å²) < 4.78 is 24.3. The first-order chi connectivity index (χ1) is 22.0. The first-order valence-corrected chi connectivity index (χ1v) is 16.3. The second kappa shape index (κ2) is 13.2. The molecule has 2 N–H and O–H groups in total. The Morgan fingerprint density at radius 1 is 1.07 bits per heavy atom. The van der Waals surface area contributed by atoms with Gasteiger partial charge in [0, 0.05) is 23.0 Å². The number of nitrogens with zero attached hydrogens (tertiary/aromatic N) is 3. The number of alkyl carbamates (subject to hydrolysis) is 1. The van der Waals surface area contributed by atoms with E-state index in [9.17, 15) is 19.5 Å². The average Bonchev–Trinajstić information content (AvgIpc) is 3.24. The van der Waals surface area contributed by atoms with E-state index in [0.29, 0.717) is 49.1 Å². The number of esters is 2. The highest BCUT2D eigenvalue weighted by atomic mass is 16.6. The molecule has 46 heavy (non-hydrogen) atoms. The number of allylic oxidation sites excluding steroid dienone is 3. The molecule has 0 aromatic carbocycles. The lowest BCUT2D eigenvalue weighted by Crippen LogP contribution is -2.37. The van der Waals surface area contributed by atoms with Gasteiger partial charge in [-0.1, -0.05) is 43.0 Å². The highest BCUT2D eigenvalue weighted by Crippen LogP contribution is 2.49. The molecular formula is C34H44N4O8. The van der Waals surface area contributed by atoms with E-state index in [4.69, 9.17) is 18.9 Å². The number of rotatable bonds is 6. The summed E-state index contributed by atoms with van der Waals surface area (Å²) in [6.45, 7) is 12.7. The zero-order chi connectivity index (χ0) is 32.6. The Morgan fingerprint density at radius 3 is 2.50 bits per heavy atom. The van der Waals surface area contributed by atoms with Crippen molar-refractivity contribution in [2.75, 3.05) is 6.61 Å². The SMILES string of the molecule is C=C1C(=O)O[C@@H]2[C@H](O)[C@@H](C)CC/C=C(/Cn3cc(CNC(=O)OC/C4=C/CC[C@@]5(C)O[C@H]5[C@H]5OC(=O)C(=C)[C@@H]5CC4)nn3)CC[C@@H]12. The molecule has 12 nitrogen and oxygen atoms in total. The summed E-state index contributed by atoms with van der Waals surface area (Å²) >= 11 is 0. The van der Waals surface area contributed by atoms with Crippen molar-refractivity contribution in [3.63, 3.8) is 0 Å². The summed E-state index contributed by atoms with van der Waals surface area (Å²) in [6, 6.07) is 0. The molecule has 1 aromatic heterocycles. The summed E-state index contributed by atoms with van der Waals surface area (Å²) in [5.41, 5.74) is 3.32. The highest BCUT2D eigenvalue weighted by Gasteiger charge is 2.61. The van der Waals surface area contributed by atoms with Crippen LogP contribution in [0.1, 0.15) is 70.9 Å². The summed E-state index contributed by atoms with van der Waals surface area (Å²) in [5, 5.41) is 22.0. The monoisotopic (exact) mass is 636 g/mol. The van der Waals surface area contributed by atoms with E-state index in [2.05, 4.69) is 40.9 Å². The third-order valence-electron chi connectivity index (χ3n) is 10.3. The molecule has 1 aromatic rings. The molecule has 8 atom stereocenters. The van der Waals surface area contributed by atoms with Crippen molar-refractivity contribution in [1.82, 2.24) is 20.3 Å². The number of aliphatic hydroxyl groups is 1. The third kappa shape index (κ3) is 6.83. The van der Waals surface area contributed by atoms with Gasteiger partial charge in [-0.3, -0.25) is 0 Å². The van der Waals surface area contributed by atoms with Crippen molar-refractivity contribution in [3.05, 3.63) is 59.5 Å². The second-order valence-corrected chi connectivity index (χ2v) is 13.6. The summed E-state index contributed by atoms with van der Waals surface area (Å²) in [7, 11) is 0. The smallest absolute Gasteiger partial charge is 0.407 e. The van der Waals surface area contributed by atoms with Gasteiger partial charge in [0.15, 0.2) is 0 Å². The molecule has 6 rings (SSSR count). The Morgan fingerprint density at radius 2 is 1.74 bits per heavy atom. The number of aromatic nitrogens is 3. The Labute approximate surface area is 268 Å². The van der Waals surface area contributed by atoms with Crippen molar-refractivity contribution in [1.29, 1.82) is 0 Å². The maximum atomic E-state index is 12.6. The Hall–Kier alpha value is -3.77. The van der Waals surface area contributed by atoms with Crippen molar-refractivity contribution < 1.29 is 38.4 Å². The van der Waals surface area contributed by atoms with Crippen molar-refractivity contribution >= 4 is 18.0 Å². The van der Waals surface area contributed by atoms with Crippen LogP contribution < -0.4 is 5.32 Å². The first-order valence-electron chi connectivity index (χ1n) is 16.3. The maximum absolute atomic E-state index is 12.6. The molecule has 0 unspecified atom stereocenters. The van der Waals surface area contributed by atoms with Crippen LogP contribution in [0, 0.1) is 17.8 Å². The Kier molecular flexibility index (Phi) is 9.20. The fourth-order valence-electron chi connectivity index (χ4n) is 7.24. The van der Waals surface area contributed by atoms with Crippen LogP contribution in [0.25, 0.3) is 0 Å². The highest BCUT2D eigenvalue weighted by molar-refractivity contribution is 5.91. The molecule has 0 saturated carbocycles. The minimum absolute atomic E-state index is 0.0218. The van der Waals surface area contributed by atoms with Crippen LogP contribution in [0.4, 0.5) is 4.79 Å². The van der Waals surface area contributed by atoms with Gasteiger partial charge in [-0.25, -0.2) is 19.1 Å². The molecule has 248 valence electrons. The summed E-state index contributed by atoms with van der Waals surface area (Å²) in [6.07, 6.45) is 9.66. The number of ether oxygens (including phenoxy) is 4. The fourth-order valence-corrected chi connectivity index (χ4v) is 7.24. The number of hydrogen-bond acceptors (Lipinski definition) is 10. The lowest BCUT2D eigenvalue weighted by atomic mass is 9.82. The summed E-state index contributed by atoms with van der Waals surface area (Å²) in [4.78, 5) is 37.0. The summed E-state index contributed by atoms with van der Waals surface area (Å²) in [5.74, 6) is -1.13. The molecule has 4 heterocycles. The van der Waals surface area contributed by atoms with Crippen molar-refractivity contribution in [2.45, 2.75) is 108 Å². The lowest BCUT2D eigenvalue weighted by Gasteiger charge is -2.28.